The van der Waals surface area contributed by atoms with Gasteiger partial charge in [-0.25, -0.2) is 4.98 Å². The zero-order valence-electron chi connectivity index (χ0n) is 14.1. The van der Waals surface area contributed by atoms with Crippen LogP contribution in [0.4, 0.5) is 5.82 Å². The number of hydrogen-bond donors (Lipinski definition) is 1. The van der Waals surface area contributed by atoms with E-state index in [4.69, 9.17) is 0 Å². The quantitative estimate of drug-likeness (QED) is 0.837. The fourth-order valence-corrected chi connectivity index (χ4v) is 3.10. The van der Waals surface area contributed by atoms with Crippen LogP contribution >= 0.6 is 0 Å². The number of piperidine rings is 1. The van der Waals surface area contributed by atoms with Crippen molar-refractivity contribution in [3.05, 3.63) is 23.9 Å². The van der Waals surface area contributed by atoms with Crippen LogP contribution in [0.2, 0.25) is 0 Å². The summed E-state index contributed by atoms with van der Waals surface area (Å²) in [6.07, 6.45) is 7.14. The summed E-state index contributed by atoms with van der Waals surface area (Å²) in [5.41, 5.74) is 1.38. The van der Waals surface area contributed by atoms with E-state index in [2.05, 4.69) is 61.2 Å². The second kappa shape index (κ2) is 7.79. The molecule has 2 atom stereocenters. The zero-order valence-corrected chi connectivity index (χ0v) is 14.1. The summed E-state index contributed by atoms with van der Waals surface area (Å²) in [6, 6.07) is 5.45. The lowest BCUT2D eigenvalue weighted by molar-refractivity contribution is 0.132. The summed E-state index contributed by atoms with van der Waals surface area (Å²) < 4.78 is 0. The van der Waals surface area contributed by atoms with Gasteiger partial charge in [0.15, 0.2) is 0 Å². The molecule has 1 aromatic rings. The number of nitrogens with one attached hydrogen (secondary N) is 1. The Hall–Kier alpha value is -1.09. The van der Waals surface area contributed by atoms with E-state index in [1.54, 1.807) is 0 Å². The Kier molecular flexibility index (Phi) is 6.04. The second-order valence-corrected chi connectivity index (χ2v) is 6.83. The normalized spacial score (nSPS) is 21.5. The van der Waals surface area contributed by atoms with Crippen molar-refractivity contribution in [1.82, 2.24) is 9.88 Å². The van der Waals surface area contributed by atoms with Crippen LogP contribution in [-0.4, -0.2) is 29.0 Å². The fourth-order valence-electron chi connectivity index (χ4n) is 3.10. The van der Waals surface area contributed by atoms with Gasteiger partial charge in [0.1, 0.15) is 5.82 Å². The first kappa shape index (κ1) is 16.3. The molecule has 118 valence electrons. The number of likely N-dealkylation sites (tertiary alicyclic amines) is 1. The zero-order chi connectivity index (χ0) is 15.2. The number of anilines is 1. The van der Waals surface area contributed by atoms with Crippen molar-refractivity contribution < 1.29 is 0 Å². The highest BCUT2D eigenvalue weighted by Crippen LogP contribution is 2.31. The van der Waals surface area contributed by atoms with Gasteiger partial charge in [0.2, 0.25) is 0 Å². The lowest BCUT2D eigenvalue weighted by atomic mass is 9.95. The van der Waals surface area contributed by atoms with Crippen LogP contribution in [0.5, 0.6) is 0 Å². The van der Waals surface area contributed by atoms with Crippen LogP contribution in [0.1, 0.15) is 65.0 Å². The first-order valence-corrected chi connectivity index (χ1v) is 8.56. The molecular formula is C18H31N3. The highest BCUT2D eigenvalue weighted by Gasteiger charge is 2.24. The molecule has 2 heterocycles. The molecule has 0 saturated carbocycles. The molecule has 1 N–H and O–H groups in total. The van der Waals surface area contributed by atoms with Crippen LogP contribution in [-0.2, 0) is 0 Å². The van der Waals surface area contributed by atoms with Crippen molar-refractivity contribution in [3.63, 3.8) is 0 Å². The molecule has 0 amide bonds. The molecule has 2 rings (SSSR count). The third-order valence-electron chi connectivity index (χ3n) is 4.39. The lowest BCUT2D eigenvalue weighted by Gasteiger charge is -2.37. The third kappa shape index (κ3) is 4.70. The molecule has 0 aromatic carbocycles. The molecule has 0 radical (unpaired) electrons. The van der Waals surface area contributed by atoms with Crippen LogP contribution in [0, 0.1) is 5.92 Å². The molecule has 1 aliphatic heterocycles. The Morgan fingerprint density at radius 1 is 1.29 bits per heavy atom. The summed E-state index contributed by atoms with van der Waals surface area (Å²) in [5, 5.41) is 3.44. The molecular weight excluding hydrogens is 258 g/mol. The van der Waals surface area contributed by atoms with Gasteiger partial charge in [-0.1, -0.05) is 33.3 Å². The van der Waals surface area contributed by atoms with E-state index < -0.39 is 0 Å². The minimum Gasteiger partial charge on any atom is -0.368 e. The predicted molar refractivity (Wildman–Crippen MR) is 90.6 cm³/mol. The largest absolute Gasteiger partial charge is 0.368 e. The summed E-state index contributed by atoms with van der Waals surface area (Å²) >= 11 is 0. The van der Waals surface area contributed by atoms with Gasteiger partial charge < -0.3 is 5.32 Å². The van der Waals surface area contributed by atoms with E-state index in [1.807, 2.05) is 0 Å². The molecule has 3 heteroatoms. The maximum atomic E-state index is 4.62. The van der Waals surface area contributed by atoms with Crippen molar-refractivity contribution >= 4 is 5.82 Å². The third-order valence-corrected chi connectivity index (χ3v) is 4.39. The maximum Gasteiger partial charge on any atom is 0.126 e. The standard InChI is InChI=1S/C18H31N3/c1-5-15(4)20-18-10-9-16(12-19-18)17-8-6-7-11-21(17)13-14(2)3/h9-10,12,14-15,17H,5-8,11,13H2,1-4H3,(H,19,20)/t15-,17+/m0/s1. The molecule has 21 heavy (non-hydrogen) atoms. The molecule has 1 aromatic heterocycles. The summed E-state index contributed by atoms with van der Waals surface area (Å²) in [6.45, 7) is 11.4. The first-order chi connectivity index (χ1) is 10.1. The monoisotopic (exact) mass is 289 g/mol. The summed E-state index contributed by atoms with van der Waals surface area (Å²) in [7, 11) is 0. The van der Waals surface area contributed by atoms with Gasteiger partial charge in [0.05, 0.1) is 0 Å². The molecule has 3 nitrogen and oxygen atoms in total. The maximum absolute atomic E-state index is 4.62. The molecule has 1 saturated heterocycles. The Morgan fingerprint density at radius 3 is 2.71 bits per heavy atom. The number of aromatic nitrogens is 1. The van der Waals surface area contributed by atoms with Crippen molar-refractivity contribution in [3.8, 4) is 0 Å². The topological polar surface area (TPSA) is 28.2 Å². The van der Waals surface area contributed by atoms with Gasteiger partial charge in [-0.3, -0.25) is 4.90 Å². The number of rotatable bonds is 6. The SMILES string of the molecule is CC[C@H](C)Nc1ccc([C@H]2CCCCN2CC(C)C)cn1. The Balaban J connectivity index is 2.05. The van der Waals surface area contributed by atoms with Crippen LogP contribution < -0.4 is 5.32 Å². The molecule has 0 spiro atoms. The second-order valence-electron chi connectivity index (χ2n) is 6.83. The first-order valence-electron chi connectivity index (χ1n) is 8.56. The minimum atomic E-state index is 0.482. The smallest absolute Gasteiger partial charge is 0.126 e. The van der Waals surface area contributed by atoms with Gasteiger partial charge in [0, 0.05) is 24.8 Å². The van der Waals surface area contributed by atoms with Gasteiger partial charge >= 0.3 is 0 Å². The average Bonchev–Trinajstić information content (AvgIpc) is 2.48. The molecule has 1 fully saturated rings. The Labute approximate surface area is 130 Å². The van der Waals surface area contributed by atoms with E-state index in [-0.39, 0.29) is 0 Å². The van der Waals surface area contributed by atoms with Crippen molar-refractivity contribution in [1.29, 1.82) is 0 Å². The van der Waals surface area contributed by atoms with Crippen LogP contribution in [0.3, 0.4) is 0 Å². The molecule has 0 bridgehead atoms. The Morgan fingerprint density at radius 2 is 2.10 bits per heavy atom. The number of pyridine rings is 1. The number of nitrogens with zero attached hydrogens (tertiary/aromatic N) is 2. The van der Waals surface area contributed by atoms with Gasteiger partial charge in [-0.15, -0.1) is 0 Å². The average molecular weight is 289 g/mol. The molecule has 0 unspecified atom stereocenters. The van der Waals surface area contributed by atoms with Gasteiger partial charge in [0.25, 0.3) is 0 Å². The minimum absolute atomic E-state index is 0.482. The lowest BCUT2D eigenvalue weighted by Crippen LogP contribution is -2.36. The van der Waals surface area contributed by atoms with Crippen LogP contribution in [0.25, 0.3) is 0 Å². The number of hydrogen-bond acceptors (Lipinski definition) is 3. The Bertz CT molecular complexity index is 413. The van der Waals surface area contributed by atoms with Gasteiger partial charge in [-0.05, 0) is 50.3 Å². The van der Waals surface area contributed by atoms with E-state index in [9.17, 15) is 0 Å². The van der Waals surface area contributed by atoms with Crippen molar-refractivity contribution in [2.24, 2.45) is 5.92 Å². The summed E-state index contributed by atoms with van der Waals surface area (Å²) in [5.74, 6) is 1.73. The van der Waals surface area contributed by atoms with Gasteiger partial charge in [-0.2, -0.15) is 0 Å². The molecule has 1 aliphatic rings. The highest BCUT2D eigenvalue weighted by atomic mass is 15.2. The van der Waals surface area contributed by atoms with Crippen molar-refractivity contribution in [2.45, 2.75) is 65.5 Å². The molecule has 0 aliphatic carbocycles. The van der Waals surface area contributed by atoms with E-state index in [0.717, 1.165) is 18.2 Å². The van der Waals surface area contributed by atoms with Crippen molar-refractivity contribution in [2.75, 3.05) is 18.4 Å². The predicted octanol–water partition coefficient (Wildman–Crippen LogP) is 4.48. The highest BCUT2D eigenvalue weighted by molar-refractivity contribution is 5.37. The summed E-state index contributed by atoms with van der Waals surface area (Å²) in [4.78, 5) is 7.26. The van der Waals surface area contributed by atoms with E-state index in [1.165, 1.54) is 37.9 Å². The fraction of sp³-hybridized carbons (Fsp3) is 0.722. The van der Waals surface area contributed by atoms with E-state index in [0.29, 0.717) is 12.1 Å². The van der Waals surface area contributed by atoms with Crippen LogP contribution in [0.15, 0.2) is 18.3 Å². The van der Waals surface area contributed by atoms with E-state index >= 15 is 0 Å².